The summed E-state index contributed by atoms with van der Waals surface area (Å²) in [6.07, 6.45) is 1.76. The normalized spacial score (nSPS) is 20.1. The molecule has 0 radical (unpaired) electrons. The van der Waals surface area contributed by atoms with E-state index >= 15 is 0 Å². The topological polar surface area (TPSA) is 89.1 Å². The molecule has 2 aliphatic heterocycles. The van der Waals surface area contributed by atoms with Gasteiger partial charge in [0.2, 0.25) is 5.91 Å². The van der Waals surface area contributed by atoms with Crippen LogP contribution in [0.15, 0.2) is 24.4 Å². The largest absolute Gasteiger partial charge is 0.480 e. The second-order valence-electron chi connectivity index (χ2n) is 7.48. The van der Waals surface area contributed by atoms with Crippen molar-refractivity contribution >= 4 is 34.4 Å². The summed E-state index contributed by atoms with van der Waals surface area (Å²) in [7, 11) is 0. The van der Waals surface area contributed by atoms with Gasteiger partial charge in [-0.05, 0) is 18.2 Å². The highest BCUT2D eigenvalue weighted by Gasteiger charge is 2.33. The molecule has 0 bridgehead atoms. The Morgan fingerprint density at radius 2 is 1.86 bits per heavy atom. The Hall–Kier alpha value is -2.13. The molecule has 2 N–H and O–H groups in total. The number of carboxylic acids is 1. The summed E-state index contributed by atoms with van der Waals surface area (Å²) in [6, 6.07) is 4.69. The Balaban J connectivity index is 1.42. The number of ether oxygens (including phenoxy) is 1. The van der Waals surface area contributed by atoms with Gasteiger partial charge in [0.05, 0.1) is 19.8 Å². The number of hydrogen-bond acceptors (Lipinski definition) is 5. The van der Waals surface area contributed by atoms with Gasteiger partial charge in [0, 0.05) is 67.0 Å². The van der Waals surface area contributed by atoms with Gasteiger partial charge in [-0.1, -0.05) is 11.6 Å². The molecule has 1 aromatic heterocycles. The van der Waals surface area contributed by atoms with Crippen LogP contribution in [-0.2, 0) is 14.3 Å². The van der Waals surface area contributed by atoms with E-state index in [9.17, 15) is 14.7 Å². The molecular weight excluding hydrogens is 396 g/mol. The van der Waals surface area contributed by atoms with Gasteiger partial charge >= 0.3 is 5.97 Å². The third-order valence-electron chi connectivity index (χ3n) is 5.70. The van der Waals surface area contributed by atoms with Crippen LogP contribution in [0, 0.1) is 0 Å². The lowest BCUT2D eigenvalue weighted by Crippen LogP contribution is -2.52. The first-order valence-corrected chi connectivity index (χ1v) is 10.2. The molecule has 1 aromatic carbocycles. The van der Waals surface area contributed by atoms with Gasteiger partial charge in [-0.25, -0.2) is 0 Å². The lowest BCUT2D eigenvalue weighted by atomic mass is 10.0. The van der Waals surface area contributed by atoms with Crippen LogP contribution in [0.5, 0.6) is 0 Å². The van der Waals surface area contributed by atoms with E-state index in [0.717, 1.165) is 10.9 Å². The summed E-state index contributed by atoms with van der Waals surface area (Å²) in [4.78, 5) is 33.6. The number of carbonyl (C=O) groups excluding carboxylic acids is 1. The van der Waals surface area contributed by atoms with Crippen LogP contribution in [0.2, 0.25) is 5.02 Å². The maximum atomic E-state index is 12.5. The number of hydrogen-bond donors (Lipinski definition) is 2. The van der Waals surface area contributed by atoms with Crippen LogP contribution in [-0.4, -0.2) is 95.7 Å². The van der Waals surface area contributed by atoms with Gasteiger partial charge in [0.25, 0.3) is 0 Å². The number of piperazine rings is 1. The van der Waals surface area contributed by atoms with Gasteiger partial charge in [0.15, 0.2) is 0 Å². The van der Waals surface area contributed by atoms with E-state index in [4.69, 9.17) is 16.3 Å². The minimum absolute atomic E-state index is 0.114. The summed E-state index contributed by atoms with van der Waals surface area (Å²) >= 11 is 6.12. The number of morpholine rings is 1. The number of aromatic nitrogens is 1. The highest BCUT2D eigenvalue weighted by atomic mass is 35.5. The van der Waals surface area contributed by atoms with Crippen LogP contribution in [0.4, 0.5) is 0 Å². The number of aromatic amines is 1. The second-order valence-corrected chi connectivity index (χ2v) is 7.92. The van der Waals surface area contributed by atoms with E-state index < -0.39 is 12.0 Å². The fourth-order valence-electron chi connectivity index (χ4n) is 4.11. The number of nitrogens with one attached hydrogen (secondary N) is 1. The minimum Gasteiger partial charge on any atom is -0.480 e. The van der Waals surface area contributed by atoms with Crippen molar-refractivity contribution < 1.29 is 19.4 Å². The van der Waals surface area contributed by atoms with E-state index in [-0.39, 0.29) is 5.91 Å². The minimum atomic E-state index is -0.885. The molecule has 8 nitrogen and oxygen atoms in total. The maximum absolute atomic E-state index is 12.5. The molecule has 2 aliphatic rings. The molecule has 9 heteroatoms. The number of halogens is 1. The number of aliphatic carboxylic acids is 1. The molecule has 2 saturated heterocycles. The Bertz CT molecular complexity index is 888. The Morgan fingerprint density at radius 3 is 2.55 bits per heavy atom. The van der Waals surface area contributed by atoms with Crippen LogP contribution in [0.3, 0.4) is 0 Å². The quantitative estimate of drug-likeness (QED) is 0.760. The maximum Gasteiger partial charge on any atom is 0.325 e. The van der Waals surface area contributed by atoms with Gasteiger partial charge in [0.1, 0.15) is 6.04 Å². The number of carboxylic acid groups (broad SMARTS) is 1. The first-order valence-electron chi connectivity index (χ1n) is 9.84. The van der Waals surface area contributed by atoms with E-state index in [1.54, 1.807) is 18.3 Å². The van der Waals surface area contributed by atoms with Crippen molar-refractivity contribution in [1.29, 1.82) is 0 Å². The number of amides is 1. The predicted molar refractivity (Wildman–Crippen MR) is 109 cm³/mol. The van der Waals surface area contributed by atoms with E-state index in [0.29, 0.717) is 69.6 Å². The first-order chi connectivity index (χ1) is 14.0. The number of nitrogens with zero attached hydrogens (tertiary/aromatic N) is 3. The number of H-pyrrole nitrogens is 1. The Morgan fingerprint density at radius 1 is 1.14 bits per heavy atom. The Labute approximate surface area is 174 Å². The zero-order valence-electron chi connectivity index (χ0n) is 16.1. The molecule has 0 unspecified atom stereocenters. The lowest BCUT2D eigenvalue weighted by molar-refractivity contribution is -0.145. The monoisotopic (exact) mass is 420 g/mol. The fraction of sp³-hybridized carbons (Fsp3) is 0.500. The van der Waals surface area contributed by atoms with E-state index in [2.05, 4.69) is 9.88 Å². The fourth-order valence-corrected chi connectivity index (χ4v) is 4.28. The average Bonchev–Trinajstić information content (AvgIpc) is 3.12. The predicted octanol–water partition coefficient (Wildman–Crippen LogP) is 1.42. The summed E-state index contributed by atoms with van der Waals surface area (Å²) in [5.41, 5.74) is 1.58. The first kappa shape index (κ1) is 20.2. The third-order valence-corrected chi connectivity index (χ3v) is 5.93. The third kappa shape index (κ3) is 4.40. The SMILES string of the molecule is O=C(O)[C@@H](c1c[nH]c2ccc(Cl)cc12)N1CCN(CC(=O)N2CCOCC2)CC1. The van der Waals surface area contributed by atoms with Crippen molar-refractivity contribution in [1.82, 2.24) is 19.7 Å². The lowest BCUT2D eigenvalue weighted by Gasteiger charge is -2.38. The second kappa shape index (κ2) is 8.71. The summed E-state index contributed by atoms with van der Waals surface area (Å²) in [5, 5.41) is 11.3. The highest BCUT2D eigenvalue weighted by molar-refractivity contribution is 6.31. The van der Waals surface area contributed by atoms with Crippen molar-refractivity contribution in [3.05, 3.63) is 35.0 Å². The number of fused-ring (bicyclic) bond motifs is 1. The van der Waals surface area contributed by atoms with Gasteiger partial charge < -0.3 is 19.7 Å². The van der Waals surface area contributed by atoms with Crippen molar-refractivity contribution in [3.63, 3.8) is 0 Å². The number of rotatable bonds is 5. The molecular formula is C20H25ClN4O4. The number of carbonyl (C=O) groups is 2. The molecule has 156 valence electrons. The van der Waals surface area contributed by atoms with Crippen LogP contribution in [0.1, 0.15) is 11.6 Å². The Kier molecular flexibility index (Phi) is 6.05. The summed E-state index contributed by atoms with van der Waals surface area (Å²) < 4.78 is 5.30. The molecule has 0 spiro atoms. The van der Waals surface area contributed by atoms with Crippen molar-refractivity contribution in [2.75, 3.05) is 59.0 Å². The van der Waals surface area contributed by atoms with Crippen molar-refractivity contribution in [2.24, 2.45) is 0 Å². The smallest absolute Gasteiger partial charge is 0.325 e. The van der Waals surface area contributed by atoms with Crippen LogP contribution in [0.25, 0.3) is 10.9 Å². The highest BCUT2D eigenvalue weighted by Crippen LogP contribution is 2.31. The summed E-state index contributed by atoms with van der Waals surface area (Å²) in [5.74, 6) is -0.772. The van der Waals surface area contributed by atoms with Gasteiger partial charge in [-0.15, -0.1) is 0 Å². The molecule has 2 fully saturated rings. The molecule has 1 atom stereocenters. The molecule has 0 aliphatic carbocycles. The summed E-state index contributed by atoms with van der Waals surface area (Å²) in [6.45, 7) is 5.32. The van der Waals surface area contributed by atoms with Crippen molar-refractivity contribution in [2.45, 2.75) is 6.04 Å². The zero-order chi connectivity index (χ0) is 20.4. The van der Waals surface area contributed by atoms with Crippen molar-refractivity contribution in [3.8, 4) is 0 Å². The van der Waals surface area contributed by atoms with Gasteiger partial charge in [-0.2, -0.15) is 0 Å². The standard InChI is InChI=1S/C20H25ClN4O4/c21-14-1-2-17-15(11-14)16(12-22-17)19(20(27)28)25-5-3-23(4-6-25)13-18(26)24-7-9-29-10-8-24/h1-2,11-12,19,22H,3-10,13H2,(H,27,28)/t19-/m1/s1. The molecule has 0 saturated carbocycles. The molecule has 29 heavy (non-hydrogen) atoms. The molecule has 2 aromatic rings. The average molecular weight is 421 g/mol. The van der Waals surface area contributed by atoms with E-state index in [1.165, 1.54) is 0 Å². The molecule has 1 amide bonds. The van der Waals surface area contributed by atoms with Gasteiger partial charge in [-0.3, -0.25) is 19.4 Å². The van der Waals surface area contributed by atoms with E-state index in [1.807, 2.05) is 15.9 Å². The van der Waals surface area contributed by atoms with Crippen LogP contribution < -0.4 is 0 Å². The van der Waals surface area contributed by atoms with Crippen LogP contribution >= 0.6 is 11.6 Å². The number of benzene rings is 1. The zero-order valence-corrected chi connectivity index (χ0v) is 16.9. The molecule has 4 rings (SSSR count). The molecule has 3 heterocycles.